The first-order chi connectivity index (χ1) is 11.7. The van der Waals surface area contributed by atoms with Crippen LogP contribution < -0.4 is 14.8 Å². The van der Waals surface area contributed by atoms with Gasteiger partial charge in [-0.3, -0.25) is 0 Å². The van der Waals surface area contributed by atoms with Crippen molar-refractivity contribution in [1.82, 2.24) is 4.90 Å². The van der Waals surface area contributed by atoms with Crippen molar-refractivity contribution < 1.29 is 14.3 Å². The molecule has 2 aliphatic rings. The Hall–Kier alpha value is -2.40. The Morgan fingerprint density at radius 3 is 2.88 bits per heavy atom. The van der Waals surface area contributed by atoms with E-state index in [-0.39, 0.29) is 12.8 Å². The Bertz CT molecular complexity index is 781. The van der Waals surface area contributed by atoms with Crippen LogP contribution in [0, 0.1) is 0 Å². The number of benzene rings is 2. The van der Waals surface area contributed by atoms with Gasteiger partial charge in [-0.15, -0.1) is 0 Å². The monoisotopic (exact) mass is 344 g/mol. The molecule has 1 saturated heterocycles. The first kappa shape index (κ1) is 15.1. The molecule has 0 unspecified atom stereocenters. The lowest BCUT2D eigenvalue weighted by Gasteiger charge is -2.18. The van der Waals surface area contributed by atoms with Crippen LogP contribution in [0.5, 0.6) is 11.5 Å². The van der Waals surface area contributed by atoms with Gasteiger partial charge in [-0.1, -0.05) is 29.8 Å². The van der Waals surface area contributed by atoms with E-state index in [1.54, 1.807) is 12.1 Å². The van der Waals surface area contributed by atoms with Gasteiger partial charge in [0.15, 0.2) is 11.5 Å². The topological polar surface area (TPSA) is 50.8 Å². The number of carbonyl (C=O) groups excluding carboxylic acids is 1. The highest BCUT2D eigenvalue weighted by molar-refractivity contribution is 6.33. The summed E-state index contributed by atoms with van der Waals surface area (Å²) in [4.78, 5) is 14.3. The second kappa shape index (κ2) is 6.24. The van der Waals surface area contributed by atoms with E-state index in [2.05, 4.69) is 5.32 Å². The molecule has 0 radical (unpaired) electrons. The summed E-state index contributed by atoms with van der Waals surface area (Å²) in [6.45, 7) is 1.67. The van der Waals surface area contributed by atoms with Crippen molar-refractivity contribution in [3.05, 3.63) is 53.1 Å². The van der Waals surface area contributed by atoms with Crippen LogP contribution in [0.4, 0.5) is 10.5 Å². The predicted molar refractivity (Wildman–Crippen MR) is 92.0 cm³/mol. The second-order valence-electron chi connectivity index (χ2n) is 5.95. The Labute approximate surface area is 145 Å². The van der Waals surface area contributed by atoms with Crippen molar-refractivity contribution in [1.29, 1.82) is 0 Å². The van der Waals surface area contributed by atoms with Gasteiger partial charge in [0.25, 0.3) is 0 Å². The van der Waals surface area contributed by atoms with Gasteiger partial charge in [0.2, 0.25) is 6.79 Å². The average Bonchev–Trinajstić information content (AvgIpc) is 3.25. The highest BCUT2D eigenvalue weighted by atomic mass is 35.5. The van der Waals surface area contributed by atoms with Crippen molar-refractivity contribution in [2.45, 2.75) is 12.3 Å². The molecule has 4 rings (SSSR count). The quantitative estimate of drug-likeness (QED) is 0.892. The third-order valence-corrected chi connectivity index (χ3v) is 4.79. The summed E-state index contributed by atoms with van der Waals surface area (Å²) >= 11 is 6.09. The summed E-state index contributed by atoms with van der Waals surface area (Å²) in [6.07, 6.45) is 0.926. The van der Waals surface area contributed by atoms with Gasteiger partial charge in [0.1, 0.15) is 0 Å². The minimum absolute atomic E-state index is 0.119. The number of halogens is 1. The Kier molecular flexibility index (Phi) is 3.94. The minimum Gasteiger partial charge on any atom is -0.454 e. The van der Waals surface area contributed by atoms with Crippen LogP contribution in [0.1, 0.15) is 17.9 Å². The number of rotatable bonds is 2. The van der Waals surface area contributed by atoms with Crippen LogP contribution in [0.25, 0.3) is 0 Å². The molecule has 1 fully saturated rings. The average molecular weight is 345 g/mol. The second-order valence-corrected chi connectivity index (χ2v) is 6.36. The smallest absolute Gasteiger partial charge is 0.321 e. The molecule has 2 aromatic rings. The van der Waals surface area contributed by atoms with E-state index < -0.39 is 0 Å². The minimum atomic E-state index is -0.119. The number of anilines is 1. The van der Waals surface area contributed by atoms with Gasteiger partial charge in [-0.2, -0.15) is 0 Å². The summed E-state index contributed by atoms with van der Waals surface area (Å²) in [5.41, 5.74) is 1.81. The molecule has 0 aromatic heterocycles. The number of fused-ring (bicyclic) bond motifs is 1. The molecule has 6 heteroatoms. The number of para-hydroxylation sites is 1. The van der Waals surface area contributed by atoms with Crippen LogP contribution in [-0.2, 0) is 0 Å². The normalized spacial score (nSPS) is 18.7. The van der Waals surface area contributed by atoms with Gasteiger partial charge in [0, 0.05) is 19.0 Å². The Morgan fingerprint density at radius 1 is 1.17 bits per heavy atom. The van der Waals surface area contributed by atoms with Crippen LogP contribution in [0.3, 0.4) is 0 Å². The lowest BCUT2D eigenvalue weighted by atomic mass is 9.98. The molecule has 24 heavy (non-hydrogen) atoms. The molecule has 124 valence electrons. The number of amides is 2. The molecule has 0 spiro atoms. The Morgan fingerprint density at radius 2 is 2.00 bits per heavy atom. The fourth-order valence-corrected chi connectivity index (χ4v) is 3.32. The Balaban J connectivity index is 1.43. The van der Waals surface area contributed by atoms with Gasteiger partial charge in [-0.25, -0.2) is 4.79 Å². The third-order valence-electron chi connectivity index (χ3n) is 4.46. The molecule has 0 bridgehead atoms. The highest BCUT2D eigenvalue weighted by Gasteiger charge is 2.28. The zero-order valence-corrected chi connectivity index (χ0v) is 13.8. The number of ether oxygens (including phenoxy) is 2. The predicted octanol–water partition coefficient (Wildman–Crippen LogP) is 4.09. The number of likely N-dealkylation sites (tertiary alicyclic amines) is 1. The SMILES string of the molecule is O=C(Nc1ccccc1Cl)N1CC[C@H](c2ccc3c(c2)OCO3)C1. The van der Waals surface area contributed by atoms with E-state index in [0.29, 0.717) is 23.2 Å². The fourth-order valence-electron chi connectivity index (χ4n) is 3.14. The molecule has 2 heterocycles. The largest absolute Gasteiger partial charge is 0.454 e. The summed E-state index contributed by atoms with van der Waals surface area (Å²) in [5.74, 6) is 1.87. The van der Waals surface area contributed by atoms with Crippen molar-refractivity contribution in [3.8, 4) is 11.5 Å². The van der Waals surface area contributed by atoms with Gasteiger partial charge in [0.05, 0.1) is 10.7 Å². The molecule has 0 saturated carbocycles. The maximum atomic E-state index is 12.4. The number of hydrogen-bond donors (Lipinski definition) is 1. The van der Waals surface area contributed by atoms with Crippen molar-refractivity contribution in [2.75, 3.05) is 25.2 Å². The van der Waals surface area contributed by atoms with E-state index in [9.17, 15) is 4.79 Å². The molecule has 0 aliphatic carbocycles. The lowest BCUT2D eigenvalue weighted by molar-refractivity contribution is 0.174. The third kappa shape index (κ3) is 2.87. The maximum absolute atomic E-state index is 12.4. The number of nitrogens with one attached hydrogen (secondary N) is 1. The summed E-state index contributed by atoms with van der Waals surface area (Å²) in [7, 11) is 0. The number of nitrogens with zero attached hydrogens (tertiary/aromatic N) is 1. The summed E-state index contributed by atoms with van der Waals surface area (Å²) in [6, 6.07) is 13.1. The van der Waals surface area contributed by atoms with E-state index in [1.807, 2.05) is 35.2 Å². The van der Waals surface area contributed by atoms with E-state index in [1.165, 1.54) is 5.56 Å². The van der Waals surface area contributed by atoms with E-state index in [4.69, 9.17) is 21.1 Å². The fraction of sp³-hybridized carbons (Fsp3) is 0.278. The number of urea groups is 1. The summed E-state index contributed by atoms with van der Waals surface area (Å²) in [5, 5.41) is 3.42. The molecule has 1 N–H and O–H groups in total. The van der Waals surface area contributed by atoms with Crippen LogP contribution >= 0.6 is 11.6 Å². The molecule has 2 aromatic carbocycles. The first-order valence-electron chi connectivity index (χ1n) is 7.91. The van der Waals surface area contributed by atoms with E-state index in [0.717, 1.165) is 24.5 Å². The first-order valence-corrected chi connectivity index (χ1v) is 8.28. The summed E-state index contributed by atoms with van der Waals surface area (Å²) < 4.78 is 10.8. The zero-order valence-electron chi connectivity index (χ0n) is 13.0. The van der Waals surface area contributed by atoms with Gasteiger partial charge in [-0.05, 0) is 36.2 Å². The van der Waals surface area contributed by atoms with E-state index >= 15 is 0 Å². The van der Waals surface area contributed by atoms with Crippen LogP contribution in [0.15, 0.2) is 42.5 Å². The molecular weight excluding hydrogens is 328 g/mol. The van der Waals surface area contributed by atoms with Crippen LogP contribution in [0.2, 0.25) is 5.02 Å². The molecule has 1 atom stereocenters. The van der Waals surface area contributed by atoms with Crippen molar-refractivity contribution in [2.24, 2.45) is 0 Å². The molecular formula is C18H17ClN2O3. The zero-order chi connectivity index (χ0) is 16.5. The lowest BCUT2D eigenvalue weighted by Crippen LogP contribution is -2.32. The molecule has 5 nitrogen and oxygen atoms in total. The van der Waals surface area contributed by atoms with Crippen LogP contribution in [-0.4, -0.2) is 30.8 Å². The van der Waals surface area contributed by atoms with Gasteiger partial charge < -0.3 is 19.7 Å². The van der Waals surface area contributed by atoms with Crippen molar-refractivity contribution >= 4 is 23.3 Å². The number of carbonyl (C=O) groups is 1. The highest BCUT2D eigenvalue weighted by Crippen LogP contribution is 2.37. The molecule has 2 aliphatic heterocycles. The van der Waals surface area contributed by atoms with Gasteiger partial charge >= 0.3 is 6.03 Å². The maximum Gasteiger partial charge on any atom is 0.321 e. The standard InChI is InChI=1S/C18H17ClN2O3/c19-14-3-1-2-4-15(14)20-18(22)21-8-7-13(10-21)12-5-6-16-17(9-12)24-11-23-16/h1-6,9,13H,7-8,10-11H2,(H,20,22)/t13-/m0/s1. The number of hydrogen-bond acceptors (Lipinski definition) is 3. The van der Waals surface area contributed by atoms with Crippen molar-refractivity contribution in [3.63, 3.8) is 0 Å². The molecule has 2 amide bonds.